The summed E-state index contributed by atoms with van der Waals surface area (Å²) in [7, 11) is -0.416. The number of hydrogen-bond acceptors (Lipinski definition) is 10. The molecule has 0 spiro atoms. The minimum absolute atomic E-state index is 0.402. The van der Waals surface area contributed by atoms with Gasteiger partial charge in [0.2, 0.25) is 0 Å². The fraction of sp³-hybridized carbons (Fsp3) is 0.0500. The Morgan fingerprint density at radius 3 is 0.795 bits per heavy atom. The van der Waals surface area contributed by atoms with Crippen molar-refractivity contribution in [2.45, 2.75) is 38.9 Å². The van der Waals surface area contributed by atoms with Crippen molar-refractivity contribution in [2.24, 2.45) is 0 Å². The van der Waals surface area contributed by atoms with Gasteiger partial charge >= 0.3 is 7.12 Å². The molecule has 23 rings (SSSR count). The largest absolute Gasteiger partial charge is 0.496 e. The van der Waals surface area contributed by atoms with E-state index in [1.807, 2.05) is 168 Å². The van der Waals surface area contributed by atoms with Crippen LogP contribution < -0.4 is 5.46 Å². The molecule has 132 heavy (non-hydrogen) atoms. The fourth-order valence-corrected chi connectivity index (χ4v) is 20.3. The first-order valence-corrected chi connectivity index (χ1v) is 46.8. The van der Waals surface area contributed by atoms with E-state index < -0.39 is 18.3 Å². The maximum atomic E-state index is 6.55. The van der Waals surface area contributed by atoms with E-state index in [1.165, 1.54) is 135 Å². The zero-order chi connectivity index (χ0) is 89.1. The molecule has 1 aliphatic rings. The Morgan fingerprint density at radius 2 is 0.447 bits per heavy atom. The molecule has 5 heterocycles. The molecule has 0 unspecified atom stereocenters. The van der Waals surface area contributed by atoms with Crippen LogP contribution >= 0.6 is 38.6 Å². The van der Waals surface area contributed by atoms with Crippen molar-refractivity contribution in [3.05, 3.63) is 453 Å². The highest BCUT2D eigenvalue weighted by atomic mass is 79.9. The molecule has 12 heteroatoms. The maximum absolute atomic E-state index is 6.55. The SMILES string of the molecule is Brc1cccc(-c2nc(-c3ccccc3)nc(-c3ccccc3)n2)c1.CC1(C)OB(c2cccc3c2sc2c(-c4ccc(-c5ccccc5)cc4)cc(-c4ccc(-c5ccccc5)cc4)cc23)OC1(C)C.c1ccc(-c2ccc(-c3cc(-c4ccc(-c5ccccc5)cc4)c4sc5c(-c6cccc(-c7nc(-c8ccccc8)nc(-c8ccccc8)n7)c6)cccc5c4c3)cc2)cc1. The van der Waals surface area contributed by atoms with E-state index in [2.05, 4.69) is 352 Å². The lowest BCUT2D eigenvalue weighted by molar-refractivity contribution is 0.00578. The van der Waals surface area contributed by atoms with Gasteiger partial charge in [-0.3, -0.25) is 0 Å². The quantitative estimate of drug-likeness (QED) is 0.0883. The molecule has 0 amide bonds. The van der Waals surface area contributed by atoms with Crippen molar-refractivity contribution in [3.8, 4) is 168 Å². The van der Waals surface area contributed by atoms with E-state index in [9.17, 15) is 0 Å². The van der Waals surface area contributed by atoms with Gasteiger partial charge < -0.3 is 9.31 Å². The number of aromatic nitrogens is 6. The first-order valence-electron chi connectivity index (χ1n) is 44.4. The molecule has 0 N–H and O–H groups in total. The molecular formula is C120H86BBrN6O2S2. The summed E-state index contributed by atoms with van der Waals surface area (Å²) in [4.78, 5) is 29.1. The third kappa shape index (κ3) is 17.5. The Balaban J connectivity index is 0.000000130. The highest BCUT2D eigenvalue weighted by molar-refractivity contribution is 9.10. The molecule has 1 fully saturated rings. The summed E-state index contributed by atoms with van der Waals surface area (Å²) >= 11 is 7.22. The molecule has 18 aromatic carbocycles. The van der Waals surface area contributed by atoms with Crippen LogP contribution in [0.5, 0.6) is 0 Å². The van der Waals surface area contributed by atoms with Crippen LogP contribution in [0.1, 0.15) is 27.7 Å². The summed E-state index contributed by atoms with van der Waals surface area (Å²) in [5.41, 5.74) is 27.7. The Labute approximate surface area is 785 Å². The molecular weight excluding hydrogens is 1710 g/mol. The van der Waals surface area contributed by atoms with E-state index in [1.54, 1.807) is 0 Å². The zero-order valence-corrected chi connectivity index (χ0v) is 76.2. The minimum Gasteiger partial charge on any atom is -0.399 e. The Kier molecular flexibility index (Phi) is 23.4. The lowest BCUT2D eigenvalue weighted by atomic mass is 9.78. The fourth-order valence-electron chi connectivity index (χ4n) is 17.2. The second-order valence-corrected chi connectivity index (χ2v) is 36.9. The van der Waals surface area contributed by atoms with E-state index in [4.69, 9.17) is 34.2 Å². The number of nitrogens with zero attached hydrogens (tertiary/aromatic N) is 6. The van der Waals surface area contributed by atoms with Crippen LogP contribution in [0, 0.1) is 0 Å². The molecule has 0 atom stereocenters. The lowest BCUT2D eigenvalue weighted by Gasteiger charge is -2.32. The van der Waals surface area contributed by atoms with Gasteiger partial charge in [0.25, 0.3) is 0 Å². The normalized spacial score (nSPS) is 12.6. The summed E-state index contributed by atoms with van der Waals surface area (Å²) < 4.78 is 19.1. The molecule has 0 saturated carbocycles. The first-order chi connectivity index (χ1) is 64.8. The van der Waals surface area contributed by atoms with Crippen LogP contribution in [-0.4, -0.2) is 48.2 Å². The Hall–Kier alpha value is -15.1. The smallest absolute Gasteiger partial charge is 0.399 e. The number of fused-ring (bicyclic) bond motifs is 6. The van der Waals surface area contributed by atoms with Crippen LogP contribution in [0.2, 0.25) is 0 Å². The molecule has 0 bridgehead atoms. The second kappa shape index (κ2) is 36.8. The third-order valence-corrected chi connectivity index (χ3v) is 28.0. The summed E-state index contributed by atoms with van der Waals surface area (Å²) in [6.45, 7) is 8.46. The van der Waals surface area contributed by atoms with Gasteiger partial charge in [-0.1, -0.05) is 422 Å². The van der Waals surface area contributed by atoms with Gasteiger partial charge in [0.1, 0.15) is 0 Å². The lowest BCUT2D eigenvalue weighted by Crippen LogP contribution is -2.41. The van der Waals surface area contributed by atoms with Crippen LogP contribution in [0.4, 0.5) is 0 Å². The van der Waals surface area contributed by atoms with Crippen molar-refractivity contribution >= 4 is 91.5 Å². The van der Waals surface area contributed by atoms with E-state index in [0.717, 1.165) is 48.9 Å². The average Bonchev–Trinajstić information content (AvgIpc) is 1.58. The standard InChI is InChI=1S/C57H37N3S.C42H35BO2S.C21H14BrN3/c1-5-15-38(16-6-1)40-27-29-42(30-28-40)48-36-51(43-33-31-41(32-34-43)39-17-7-2-8-18-39)54-52(37-48)50-26-14-25-49(53(50)61-54)46-23-13-24-47(35-46)57-59-55(44-19-9-3-10-20-44)58-56(60-57)45-21-11-4-12-22-45;1-41(2)42(3,4)45-43(44-41)38-17-11-16-35-37-27-34(32-20-18-30(19-21-32)28-12-7-5-8-13-28)26-36(39(37)46-40(35)38)33-24-22-31(23-25-33)29-14-9-6-10-15-29;22-18-13-7-12-17(14-18)21-24-19(15-8-3-1-4-9-15)23-20(25-21)16-10-5-2-6-11-16/h1-37H;5-27H,1-4H3;1-14H. The van der Waals surface area contributed by atoms with Crippen LogP contribution in [0.25, 0.3) is 209 Å². The molecule has 0 radical (unpaired) electrons. The van der Waals surface area contributed by atoms with Crippen LogP contribution in [-0.2, 0) is 9.31 Å². The second-order valence-electron chi connectivity index (χ2n) is 33.9. The van der Waals surface area contributed by atoms with Crippen LogP contribution in [0.3, 0.4) is 0 Å². The van der Waals surface area contributed by atoms with Crippen molar-refractivity contribution < 1.29 is 9.31 Å². The molecule has 0 aliphatic carbocycles. The van der Waals surface area contributed by atoms with Crippen LogP contribution in [0.15, 0.2) is 453 Å². The van der Waals surface area contributed by atoms with Crippen molar-refractivity contribution in [1.29, 1.82) is 0 Å². The van der Waals surface area contributed by atoms with Gasteiger partial charge in [-0.25, -0.2) is 29.9 Å². The average molecular weight is 1800 g/mol. The summed E-state index contributed by atoms with van der Waals surface area (Å²) in [6.07, 6.45) is 0. The van der Waals surface area contributed by atoms with Gasteiger partial charge in [0.05, 0.1) is 11.2 Å². The summed E-state index contributed by atoms with van der Waals surface area (Å²) in [5, 5.41) is 4.98. The number of rotatable bonds is 16. The molecule has 4 aromatic heterocycles. The number of hydrogen-bond donors (Lipinski definition) is 0. The van der Waals surface area contributed by atoms with Gasteiger partial charge in [-0.05, 0) is 159 Å². The number of halogens is 1. The third-order valence-electron chi connectivity index (χ3n) is 24.9. The van der Waals surface area contributed by atoms with E-state index >= 15 is 0 Å². The molecule has 1 aliphatic heterocycles. The molecule has 22 aromatic rings. The van der Waals surface area contributed by atoms with Gasteiger partial charge in [0.15, 0.2) is 34.9 Å². The van der Waals surface area contributed by atoms with Gasteiger partial charge in [-0.15, -0.1) is 22.7 Å². The number of thiophene rings is 2. The predicted molar refractivity (Wildman–Crippen MR) is 557 cm³/mol. The van der Waals surface area contributed by atoms with Crippen molar-refractivity contribution in [1.82, 2.24) is 29.9 Å². The Bertz CT molecular complexity index is 7770. The maximum Gasteiger partial charge on any atom is 0.496 e. The van der Waals surface area contributed by atoms with Crippen molar-refractivity contribution in [2.75, 3.05) is 0 Å². The molecule has 630 valence electrons. The van der Waals surface area contributed by atoms with E-state index in [-0.39, 0.29) is 0 Å². The van der Waals surface area contributed by atoms with Gasteiger partial charge in [-0.2, -0.15) is 0 Å². The molecule has 1 saturated heterocycles. The number of benzene rings is 18. The minimum atomic E-state index is -0.416. The van der Waals surface area contributed by atoms with E-state index in [0.29, 0.717) is 34.9 Å². The van der Waals surface area contributed by atoms with Gasteiger partial charge in [0, 0.05) is 94.8 Å². The molecule has 8 nitrogen and oxygen atoms in total. The summed E-state index contributed by atoms with van der Waals surface area (Å²) in [5.74, 6) is 3.94. The Morgan fingerprint density at radius 1 is 0.197 bits per heavy atom. The highest BCUT2D eigenvalue weighted by Crippen LogP contribution is 2.49. The predicted octanol–water partition coefficient (Wildman–Crippen LogP) is 32.2. The highest BCUT2D eigenvalue weighted by Gasteiger charge is 2.52. The topological polar surface area (TPSA) is 95.8 Å². The monoisotopic (exact) mass is 1800 g/mol. The summed E-state index contributed by atoms with van der Waals surface area (Å²) in [6, 6.07) is 158. The van der Waals surface area contributed by atoms with Crippen molar-refractivity contribution in [3.63, 3.8) is 0 Å². The first kappa shape index (κ1) is 83.8. The zero-order valence-electron chi connectivity index (χ0n) is 73.0.